The zero-order valence-electron chi connectivity index (χ0n) is 8.11. The molecule has 0 amide bonds. The van der Waals surface area contributed by atoms with Gasteiger partial charge in [0, 0.05) is 0 Å². The first-order valence-electron chi connectivity index (χ1n) is 4.34. The van der Waals surface area contributed by atoms with Gasteiger partial charge < -0.3 is 5.73 Å². The van der Waals surface area contributed by atoms with Gasteiger partial charge in [0.25, 0.3) is 6.43 Å². The van der Waals surface area contributed by atoms with Crippen molar-refractivity contribution in [3.8, 4) is 0 Å². The molecule has 0 spiro atoms. The molecule has 0 aliphatic rings. The summed E-state index contributed by atoms with van der Waals surface area (Å²) >= 11 is 5.46. The highest BCUT2D eigenvalue weighted by Crippen LogP contribution is 2.21. The quantitative estimate of drug-likeness (QED) is 0.859. The third kappa shape index (κ3) is 3.11. The minimum absolute atomic E-state index is 0.0329. The third-order valence-electron chi connectivity index (χ3n) is 2.07. The molecule has 0 aliphatic heterocycles. The van der Waals surface area contributed by atoms with E-state index in [9.17, 15) is 13.2 Å². The van der Waals surface area contributed by atoms with Gasteiger partial charge in [0.05, 0.1) is 10.6 Å². The highest BCUT2D eigenvalue weighted by atomic mass is 35.5. The number of nitrogens with two attached hydrogens (primary N) is 1. The van der Waals surface area contributed by atoms with Gasteiger partial charge >= 0.3 is 0 Å². The molecule has 5 heteroatoms. The van der Waals surface area contributed by atoms with Gasteiger partial charge in [-0.15, -0.1) is 0 Å². The maximum absolute atomic E-state index is 13.0. The third-order valence-corrected chi connectivity index (χ3v) is 2.37. The molecule has 0 radical (unpaired) electrons. The number of rotatable bonds is 3. The van der Waals surface area contributed by atoms with Crippen molar-refractivity contribution in [1.29, 1.82) is 0 Å². The van der Waals surface area contributed by atoms with Crippen molar-refractivity contribution in [3.05, 3.63) is 34.6 Å². The highest BCUT2D eigenvalue weighted by molar-refractivity contribution is 6.30. The second-order valence-corrected chi connectivity index (χ2v) is 4.14. The Balaban J connectivity index is 2.86. The van der Waals surface area contributed by atoms with E-state index in [1.165, 1.54) is 19.1 Å². The Morgan fingerprint density at radius 3 is 2.53 bits per heavy atom. The molecule has 0 fully saturated rings. The van der Waals surface area contributed by atoms with E-state index in [1.54, 1.807) is 0 Å². The van der Waals surface area contributed by atoms with E-state index in [4.69, 9.17) is 17.3 Å². The second-order valence-electron chi connectivity index (χ2n) is 3.73. The van der Waals surface area contributed by atoms with Gasteiger partial charge in [-0.3, -0.25) is 0 Å². The summed E-state index contributed by atoms with van der Waals surface area (Å²) < 4.78 is 37.9. The number of halogens is 4. The Kier molecular flexibility index (Phi) is 3.62. The van der Waals surface area contributed by atoms with Crippen LogP contribution in [0.2, 0.25) is 5.02 Å². The number of hydrogen-bond donors (Lipinski definition) is 1. The van der Waals surface area contributed by atoms with Gasteiger partial charge in [0.2, 0.25) is 0 Å². The zero-order valence-corrected chi connectivity index (χ0v) is 8.86. The summed E-state index contributed by atoms with van der Waals surface area (Å²) in [5.74, 6) is -0.626. The van der Waals surface area contributed by atoms with Crippen molar-refractivity contribution in [3.63, 3.8) is 0 Å². The Morgan fingerprint density at radius 2 is 2.07 bits per heavy atom. The van der Waals surface area contributed by atoms with Gasteiger partial charge in [-0.05, 0) is 31.0 Å². The zero-order chi connectivity index (χ0) is 11.6. The van der Waals surface area contributed by atoms with Crippen LogP contribution in [0, 0.1) is 5.82 Å². The molecule has 1 aromatic carbocycles. The molecule has 0 saturated carbocycles. The molecule has 0 aliphatic carbocycles. The lowest BCUT2D eigenvalue weighted by Crippen LogP contribution is -2.45. The largest absolute Gasteiger partial charge is 0.320 e. The van der Waals surface area contributed by atoms with Crippen molar-refractivity contribution in [2.45, 2.75) is 25.3 Å². The predicted molar refractivity (Wildman–Crippen MR) is 53.7 cm³/mol. The van der Waals surface area contributed by atoms with Crippen molar-refractivity contribution in [2.24, 2.45) is 5.73 Å². The Bertz CT molecular complexity index is 353. The number of alkyl halides is 2. The molecule has 0 saturated heterocycles. The second kappa shape index (κ2) is 4.41. The summed E-state index contributed by atoms with van der Waals surface area (Å²) in [6, 6.07) is 3.93. The summed E-state index contributed by atoms with van der Waals surface area (Å²) in [5, 5.41) is -0.0329. The molecule has 0 heterocycles. The van der Waals surface area contributed by atoms with E-state index in [0.29, 0.717) is 5.56 Å². The molecule has 84 valence electrons. The van der Waals surface area contributed by atoms with Gasteiger partial charge in [0.1, 0.15) is 5.82 Å². The maximum atomic E-state index is 13.0. The Labute approximate surface area is 91.0 Å². The molecular weight excluding hydrogens is 227 g/mol. The molecule has 0 aromatic heterocycles. The van der Waals surface area contributed by atoms with Crippen LogP contribution in [0.1, 0.15) is 12.5 Å². The predicted octanol–water partition coefficient (Wildman–Crippen LogP) is 3.00. The molecule has 1 unspecified atom stereocenters. The van der Waals surface area contributed by atoms with E-state index < -0.39 is 17.8 Å². The standard InChI is InChI=1S/C10H11ClF3N/c1-10(15,9(13)14)5-6-2-3-7(11)8(12)4-6/h2-4,9H,5,15H2,1H3. The van der Waals surface area contributed by atoms with Gasteiger partial charge in [-0.1, -0.05) is 17.7 Å². The summed E-state index contributed by atoms with van der Waals surface area (Å²) in [6.07, 6.45) is -2.75. The van der Waals surface area contributed by atoms with Crippen molar-refractivity contribution in [2.75, 3.05) is 0 Å². The first-order chi connectivity index (χ1) is 6.83. The van der Waals surface area contributed by atoms with Gasteiger partial charge in [-0.25, -0.2) is 13.2 Å². The lowest BCUT2D eigenvalue weighted by Gasteiger charge is -2.23. The van der Waals surface area contributed by atoms with Crippen molar-refractivity contribution >= 4 is 11.6 Å². The normalized spacial score (nSPS) is 15.4. The summed E-state index contributed by atoms with van der Waals surface area (Å²) in [5.41, 5.74) is 4.13. The Morgan fingerprint density at radius 1 is 1.47 bits per heavy atom. The van der Waals surface area contributed by atoms with Crippen LogP contribution < -0.4 is 5.73 Å². The Hall–Kier alpha value is -0.740. The van der Waals surface area contributed by atoms with Crippen molar-refractivity contribution in [1.82, 2.24) is 0 Å². The molecule has 0 bridgehead atoms. The van der Waals surface area contributed by atoms with Gasteiger partial charge in [-0.2, -0.15) is 0 Å². The molecule has 1 aromatic rings. The first kappa shape index (κ1) is 12.3. The van der Waals surface area contributed by atoms with Crippen molar-refractivity contribution < 1.29 is 13.2 Å². The van der Waals surface area contributed by atoms with E-state index in [0.717, 1.165) is 6.07 Å². The molecule has 1 atom stereocenters. The van der Waals surface area contributed by atoms with Gasteiger partial charge in [0.15, 0.2) is 0 Å². The van der Waals surface area contributed by atoms with Crippen LogP contribution in [0.5, 0.6) is 0 Å². The molecule has 1 nitrogen and oxygen atoms in total. The fourth-order valence-electron chi connectivity index (χ4n) is 1.17. The molecule has 2 N–H and O–H groups in total. The van der Waals surface area contributed by atoms with Crippen LogP contribution in [0.25, 0.3) is 0 Å². The average molecular weight is 238 g/mol. The smallest absolute Gasteiger partial charge is 0.256 e. The van der Waals surface area contributed by atoms with Crippen LogP contribution in [-0.2, 0) is 6.42 Å². The average Bonchev–Trinajstić information content (AvgIpc) is 2.10. The van der Waals surface area contributed by atoms with E-state index in [2.05, 4.69) is 0 Å². The van der Waals surface area contributed by atoms with Crippen LogP contribution in [0.3, 0.4) is 0 Å². The minimum Gasteiger partial charge on any atom is -0.320 e. The number of hydrogen-bond acceptors (Lipinski definition) is 1. The SMILES string of the molecule is CC(N)(Cc1ccc(Cl)c(F)c1)C(F)F. The van der Waals surface area contributed by atoms with Crippen LogP contribution in [0.4, 0.5) is 13.2 Å². The summed E-state index contributed by atoms with van der Waals surface area (Å²) in [7, 11) is 0. The molecule has 15 heavy (non-hydrogen) atoms. The minimum atomic E-state index is -2.66. The van der Waals surface area contributed by atoms with E-state index in [-0.39, 0.29) is 11.4 Å². The lowest BCUT2D eigenvalue weighted by molar-refractivity contribution is 0.0639. The fourth-order valence-corrected chi connectivity index (χ4v) is 1.28. The van der Waals surface area contributed by atoms with E-state index >= 15 is 0 Å². The summed E-state index contributed by atoms with van der Waals surface area (Å²) in [6.45, 7) is 1.23. The van der Waals surface area contributed by atoms with Crippen LogP contribution in [-0.4, -0.2) is 12.0 Å². The topological polar surface area (TPSA) is 26.0 Å². The van der Waals surface area contributed by atoms with Crippen LogP contribution >= 0.6 is 11.6 Å². The van der Waals surface area contributed by atoms with Crippen LogP contribution in [0.15, 0.2) is 18.2 Å². The summed E-state index contributed by atoms with van der Waals surface area (Å²) in [4.78, 5) is 0. The van der Waals surface area contributed by atoms with E-state index in [1.807, 2.05) is 0 Å². The first-order valence-corrected chi connectivity index (χ1v) is 4.71. The molecular formula is C10H11ClF3N. The fraction of sp³-hybridized carbons (Fsp3) is 0.400. The molecule has 1 rings (SSSR count). The monoisotopic (exact) mass is 237 g/mol. The highest BCUT2D eigenvalue weighted by Gasteiger charge is 2.30. The maximum Gasteiger partial charge on any atom is 0.256 e. The lowest BCUT2D eigenvalue weighted by atomic mass is 9.94. The number of benzene rings is 1.